The van der Waals surface area contributed by atoms with Crippen LogP contribution in [-0.2, 0) is 47.5 Å². The molecule has 0 aliphatic carbocycles. The summed E-state index contributed by atoms with van der Waals surface area (Å²) in [6, 6.07) is 21.2. The van der Waals surface area contributed by atoms with Crippen molar-refractivity contribution in [2.24, 2.45) is 0 Å². The molecule has 5 rings (SSSR count). The first-order valence-electron chi connectivity index (χ1n) is 12.6. The maximum atomic E-state index is 13.5. The minimum Gasteiger partial charge on any atom is -0.353 e. The number of hydrogen-bond donors (Lipinski definition) is 0. The molecule has 214 valence electrons. The van der Waals surface area contributed by atoms with Crippen LogP contribution in [0.5, 0.6) is 0 Å². The quantitative estimate of drug-likeness (QED) is 0.359. The van der Waals surface area contributed by atoms with Crippen LogP contribution in [0.3, 0.4) is 0 Å². The zero-order valence-corrected chi connectivity index (χ0v) is 23.7. The molecular formula is C28H30O10S2. The SMILES string of the molecule is CO[C@H]1O[C@@H]2CO[C@H](c3ccccc3)O[C@@H]2[C@@H](OS(=O)(=O)c2ccc(C)cc2)[C@H]1OS(=O)(=O)c1ccc(C)cc1. The van der Waals surface area contributed by atoms with Crippen LogP contribution < -0.4 is 0 Å². The summed E-state index contributed by atoms with van der Waals surface area (Å²) in [5.74, 6) is 0. The van der Waals surface area contributed by atoms with E-state index in [0.29, 0.717) is 5.56 Å². The number of hydrogen-bond acceptors (Lipinski definition) is 10. The molecule has 2 aliphatic heterocycles. The lowest BCUT2D eigenvalue weighted by molar-refractivity contribution is -0.351. The summed E-state index contributed by atoms with van der Waals surface area (Å²) < 4.78 is 88.4. The fourth-order valence-electron chi connectivity index (χ4n) is 4.54. The van der Waals surface area contributed by atoms with Crippen LogP contribution in [0.1, 0.15) is 23.0 Å². The molecule has 2 heterocycles. The van der Waals surface area contributed by atoms with Crippen molar-refractivity contribution in [2.45, 2.75) is 60.6 Å². The Bertz CT molecular complexity index is 1510. The monoisotopic (exact) mass is 590 g/mol. The normalized spacial score (nSPS) is 27.2. The molecule has 0 unspecified atom stereocenters. The molecule has 10 nitrogen and oxygen atoms in total. The molecule has 0 spiro atoms. The van der Waals surface area contributed by atoms with E-state index in [4.69, 9.17) is 27.3 Å². The lowest BCUT2D eigenvalue weighted by Crippen LogP contribution is -2.64. The van der Waals surface area contributed by atoms with Gasteiger partial charge in [-0.3, -0.25) is 8.37 Å². The van der Waals surface area contributed by atoms with Crippen LogP contribution in [-0.4, -0.2) is 61.3 Å². The summed E-state index contributed by atoms with van der Waals surface area (Å²) in [5.41, 5.74) is 2.39. The summed E-state index contributed by atoms with van der Waals surface area (Å²) in [5, 5.41) is 0. The molecule has 2 aliphatic rings. The van der Waals surface area contributed by atoms with Crippen LogP contribution in [0.25, 0.3) is 0 Å². The second-order valence-corrected chi connectivity index (χ2v) is 12.8. The predicted molar refractivity (Wildman–Crippen MR) is 142 cm³/mol. The van der Waals surface area contributed by atoms with Crippen molar-refractivity contribution in [3.05, 3.63) is 95.6 Å². The summed E-state index contributed by atoms with van der Waals surface area (Å²) >= 11 is 0. The largest absolute Gasteiger partial charge is 0.353 e. The van der Waals surface area contributed by atoms with Gasteiger partial charge in [0.25, 0.3) is 20.2 Å². The average Bonchev–Trinajstić information content (AvgIpc) is 2.94. The second-order valence-electron chi connectivity index (χ2n) is 9.61. The van der Waals surface area contributed by atoms with Crippen LogP contribution in [0.2, 0.25) is 0 Å². The van der Waals surface area contributed by atoms with Gasteiger partial charge < -0.3 is 18.9 Å². The highest BCUT2D eigenvalue weighted by Crippen LogP contribution is 2.38. The molecule has 0 saturated carbocycles. The van der Waals surface area contributed by atoms with Crippen LogP contribution in [0, 0.1) is 13.8 Å². The Balaban J connectivity index is 1.53. The number of fused-ring (bicyclic) bond motifs is 1. The number of ether oxygens (including phenoxy) is 4. The van der Waals surface area contributed by atoms with Crippen molar-refractivity contribution in [3.63, 3.8) is 0 Å². The number of aryl methyl sites for hydroxylation is 2. The van der Waals surface area contributed by atoms with Gasteiger partial charge in [-0.15, -0.1) is 0 Å². The molecule has 0 amide bonds. The first kappa shape index (κ1) is 28.8. The van der Waals surface area contributed by atoms with Crippen molar-refractivity contribution in [3.8, 4) is 0 Å². The Morgan fingerprint density at radius 1 is 0.700 bits per heavy atom. The predicted octanol–water partition coefficient (Wildman–Crippen LogP) is 3.64. The maximum absolute atomic E-state index is 13.5. The van der Waals surface area contributed by atoms with Gasteiger partial charge in [0.1, 0.15) is 18.3 Å². The van der Waals surface area contributed by atoms with Crippen molar-refractivity contribution in [2.75, 3.05) is 13.7 Å². The molecule has 12 heteroatoms. The highest BCUT2D eigenvalue weighted by molar-refractivity contribution is 7.87. The summed E-state index contributed by atoms with van der Waals surface area (Å²) in [4.78, 5) is -0.229. The van der Waals surface area contributed by atoms with E-state index in [1.807, 2.05) is 32.0 Å². The molecular weight excluding hydrogens is 560 g/mol. The molecule has 2 fully saturated rings. The van der Waals surface area contributed by atoms with E-state index < -0.39 is 57.2 Å². The van der Waals surface area contributed by atoms with Gasteiger partial charge in [-0.05, 0) is 38.1 Å². The van der Waals surface area contributed by atoms with E-state index in [2.05, 4.69) is 0 Å². The Morgan fingerprint density at radius 3 is 1.75 bits per heavy atom. The van der Waals surface area contributed by atoms with Gasteiger partial charge in [-0.25, -0.2) is 0 Å². The Hall–Kier alpha value is -2.68. The second kappa shape index (κ2) is 11.7. The average molecular weight is 591 g/mol. The van der Waals surface area contributed by atoms with E-state index in [1.54, 1.807) is 36.4 Å². The minimum absolute atomic E-state index is 0.00591. The highest BCUT2D eigenvalue weighted by atomic mass is 32.2. The standard InChI is InChI=1S/C28H30O10S2/c1-18-9-13-21(14-10-18)39(29,30)37-25-24-23(17-34-27(36-24)20-7-5-4-6-8-20)35-28(33-3)26(25)38-40(31,32)22-15-11-19(2)12-16-22/h4-16,23-28H,17H2,1-3H3/t23-,24+,25-,26-,27+,28+/m1/s1. The highest BCUT2D eigenvalue weighted by Gasteiger charge is 2.54. The first-order valence-corrected chi connectivity index (χ1v) is 15.4. The molecule has 0 bridgehead atoms. The third-order valence-electron chi connectivity index (χ3n) is 6.68. The fraction of sp³-hybridized carbons (Fsp3) is 0.357. The first-order chi connectivity index (χ1) is 19.1. The Kier molecular flexibility index (Phi) is 8.41. The fourth-order valence-corrected chi connectivity index (χ4v) is 6.71. The van der Waals surface area contributed by atoms with Crippen LogP contribution in [0.4, 0.5) is 0 Å². The van der Waals surface area contributed by atoms with Gasteiger partial charge in [-0.2, -0.15) is 16.8 Å². The van der Waals surface area contributed by atoms with Crippen LogP contribution >= 0.6 is 0 Å². The molecule has 40 heavy (non-hydrogen) atoms. The Labute approximate surface area is 234 Å². The molecule has 0 N–H and O–H groups in total. The third-order valence-corrected chi connectivity index (χ3v) is 9.33. The van der Waals surface area contributed by atoms with Crippen molar-refractivity contribution >= 4 is 20.2 Å². The third kappa shape index (κ3) is 6.14. The van der Waals surface area contributed by atoms with Gasteiger partial charge in [0, 0.05) is 12.7 Å². The van der Waals surface area contributed by atoms with Gasteiger partial charge in [0.15, 0.2) is 18.7 Å². The zero-order valence-electron chi connectivity index (χ0n) is 22.1. The van der Waals surface area contributed by atoms with Crippen molar-refractivity contribution in [1.82, 2.24) is 0 Å². The van der Waals surface area contributed by atoms with Crippen molar-refractivity contribution in [1.29, 1.82) is 0 Å². The smallest absolute Gasteiger partial charge is 0.297 e. The number of benzene rings is 3. The van der Waals surface area contributed by atoms with Gasteiger partial charge in [0.05, 0.1) is 16.4 Å². The van der Waals surface area contributed by atoms with E-state index >= 15 is 0 Å². The van der Waals surface area contributed by atoms with Crippen molar-refractivity contribution < 1.29 is 44.1 Å². The van der Waals surface area contributed by atoms with E-state index in [0.717, 1.165) is 11.1 Å². The molecule has 0 aromatic heterocycles. The zero-order chi connectivity index (χ0) is 28.5. The number of rotatable bonds is 8. The molecule has 3 aromatic rings. The lowest BCUT2D eigenvalue weighted by atomic mass is 9.98. The van der Waals surface area contributed by atoms with E-state index in [-0.39, 0.29) is 16.4 Å². The summed E-state index contributed by atoms with van der Waals surface area (Å²) in [7, 11) is -7.52. The van der Waals surface area contributed by atoms with Crippen LogP contribution in [0.15, 0.2) is 88.7 Å². The minimum atomic E-state index is -4.41. The van der Waals surface area contributed by atoms with Gasteiger partial charge in [-0.1, -0.05) is 65.7 Å². The van der Waals surface area contributed by atoms with E-state index in [1.165, 1.54) is 31.4 Å². The Morgan fingerprint density at radius 2 is 1.23 bits per heavy atom. The molecule has 2 saturated heterocycles. The maximum Gasteiger partial charge on any atom is 0.297 e. The lowest BCUT2D eigenvalue weighted by Gasteiger charge is -2.47. The summed E-state index contributed by atoms with van der Waals surface area (Å²) in [6.07, 6.45) is -7.17. The molecule has 3 aromatic carbocycles. The summed E-state index contributed by atoms with van der Waals surface area (Å²) in [6.45, 7) is 3.65. The molecule has 6 atom stereocenters. The van der Waals surface area contributed by atoms with Gasteiger partial charge >= 0.3 is 0 Å². The molecule has 0 radical (unpaired) electrons. The van der Waals surface area contributed by atoms with Gasteiger partial charge in [0.2, 0.25) is 0 Å². The van der Waals surface area contributed by atoms with E-state index in [9.17, 15) is 16.8 Å². The topological polar surface area (TPSA) is 124 Å². The number of methoxy groups -OCH3 is 1.